The minimum atomic E-state index is -0.258. The second-order valence-electron chi connectivity index (χ2n) is 8.43. The predicted octanol–water partition coefficient (Wildman–Crippen LogP) is 5.73. The summed E-state index contributed by atoms with van der Waals surface area (Å²) in [6, 6.07) is 12.9. The molecule has 1 N–H and O–H groups in total. The van der Waals surface area contributed by atoms with Gasteiger partial charge in [-0.3, -0.25) is 0 Å². The molecule has 1 aliphatic rings. The van der Waals surface area contributed by atoms with Crippen molar-refractivity contribution in [3.05, 3.63) is 64.6 Å². The lowest BCUT2D eigenvalue weighted by atomic mass is 9.94. The summed E-state index contributed by atoms with van der Waals surface area (Å²) in [6.45, 7) is 7.12. The monoisotopic (exact) mass is 498 g/mol. The predicted molar refractivity (Wildman–Crippen MR) is 137 cm³/mol. The van der Waals surface area contributed by atoms with Gasteiger partial charge in [-0.2, -0.15) is 4.98 Å². The van der Waals surface area contributed by atoms with Crippen molar-refractivity contribution in [2.75, 3.05) is 20.8 Å². The van der Waals surface area contributed by atoms with Crippen LogP contribution < -0.4 is 14.8 Å². The van der Waals surface area contributed by atoms with Crippen LogP contribution in [0.15, 0.2) is 52.7 Å². The zero-order valence-electron chi connectivity index (χ0n) is 19.8. The maximum Gasteiger partial charge on any atom is 0.258 e. The molecule has 1 aromatic heterocycles. The number of methoxy groups -OCH3 is 2. The standard InChI is InChI=1S/C25H27ClN4O3S/c1-14(2)13-30-15(3)21(22(27-25(30)34)16-6-9-18(26)10-7-16)24-28-23(29-33-24)17-8-11-19(31-4)20(12-17)32-5/h6-12,14,22H,13H2,1-5H3,(H,27,34). The van der Waals surface area contributed by atoms with Gasteiger partial charge in [-0.1, -0.05) is 42.7 Å². The smallest absolute Gasteiger partial charge is 0.258 e. The minimum absolute atomic E-state index is 0.258. The number of halogens is 1. The molecule has 1 unspecified atom stereocenters. The van der Waals surface area contributed by atoms with E-state index < -0.39 is 0 Å². The molecule has 0 saturated heterocycles. The lowest BCUT2D eigenvalue weighted by molar-refractivity contribution is 0.355. The first kappa shape index (κ1) is 24.0. The molecule has 0 spiro atoms. The lowest BCUT2D eigenvalue weighted by Gasteiger charge is -2.38. The Balaban J connectivity index is 1.80. The quantitative estimate of drug-likeness (QED) is 0.414. The number of aromatic nitrogens is 2. The van der Waals surface area contributed by atoms with E-state index in [1.807, 2.05) is 49.4 Å². The highest BCUT2D eigenvalue weighted by molar-refractivity contribution is 7.80. The molecule has 4 rings (SSSR count). The molecule has 2 aromatic carbocycles. The van der Waals surface area contributed by atoms with Crippen LogP contribution in [-0.2, 0) is 0 Å². The minimum Gasteiger partial charge on any atom is -0.493 e. The molecular weight excluding hydrogens is 472 g/mol. The number of nitrogens with one attached hydrogen (secondary N) is 1. The largest absolute Gasteiger partial charge is 0.493 e. The van der Waals surface area contributed by atoms with Crippen LogP contribution >= 0.6 is 23.8 Å². The van der Waals surface area contributed by atoms with E-state index in [1.165, 1.54) is 0 Å². The highest BCUT2D eigenvalue weighted by atomic mass is 35.5. The van der Waals surface area contributed by atoms with Gasteiger partial charge in [-0.05, 0) is 61.0 Å². The second kappa shape index (κ2) is 10.0. The first-order valence-electron chi connectivity index (χ1n) is 10.9. The number of thiocarbonyl (C=S) groups is 1. The Morgan fingerprint density at radius 2 is 1.82 bits per heavy atom. The molecular formula is C25H27ClN4O3S. The zero-order chi connectivity index (χ0) is 24.4. The SMILES string of the molecule is COc1ccc(-c2noc(C3=C(C)N(CC(C)C)C(=S)NC3c3ccc(Cl)cc3)n2)cc1OC. The van der Waals surface area contributed by atoms with Gasteiger partial charge in [-0.15, -0.1) is 0 Å². The highest BCUT2D eigenvalue weighted by Gasteiger charge is 2.34. The molecule has 0 aliphatic carbocycles. The van der Waals surface area contributed by atoms with Crippen molar-refractivity contribution in [3.8, 4) is 22.9 Å². The maximum absolute atomic E-state index is 6.13. The fraction of sp³-hybridized carbons (Fsp3) is 0.320. The summed E-state index contributed by atoms with van der Waals surface area (Å²) in [4.78, 5) is 6.83. The topological polar surface area (TPSA) is 72.7 Å². The van der Waals surface area contributed by atoms with E-state index in [4.69, 9.17) is 42.8 Å². The van der Waals surface area contributed by atoms with Crippen LogP contribution in [0.4, 0.5) is 0 Å². The zero-order valence-corrected chi connectivity index (χ0v) is 21.3. The summed E-state index contributed by atoms with van der Waals surface area (Å²) in [5.41, 5.74) is 3.60. The summed E-state index contributed by atoms with van der Waals surface area (Å²) < 4.78 is 16.6. The van der Waals surface area contributed by atoms with Gasteiger partial charge in [0.05, 0.1) is 25.8 Å². The van der Waals surface area contributed by atoms with Gasteiger partial charge in [0.15, 0.2) is 16.6 Å². The molecule has 0 radical (unpaired) electrons. The summed E-state index contributed by atoms with van der Waals surface area (Å²) in [7, 11) is 3.19. The van der Waals surface area contributed by atoms with Gasteiger partial charge in [0, 0.05) is 22.8 Å². The van der Waals surface area contributed by atoms with Crippen LogP contribution in [0.25, 0.3) is 17.0 Å². The van der Waals surface area contributed by atoms with Crippen molar-refractivity contribution in [1.29, 1.82) is 0 Å². The summed E-state index contributed by atoms with van der Waals surface area (Å²) in [5, 5.41) is 9.05. The molecule has 7 nitrogen and oxygen atoms in total. The Morgan fingerprint density at radius 3 is 2.47 bits per heavy atom. The number of allylic oxidation sites excluding steroid dienone is 1. The molecule has 0 bridgehead atoms. The van der Waals surface area contributed by atoms with E-state index >= 15 is 0 Å². The van der Waals surface area contributed by atoms with Gasteiger partial charge >= 0.3 is 0 Å². The van der Waals surface area contributed by atoms with Crippen molar-refractivity contribution in [2.24, 2.45) is 5.92 Å². The van der Waals surface area contributed by atoms with E-state index in [9.17, 15) is 0 Å². The van der Waals surface area contributed by atoms with Gasteiger partial charge in [-0.25, -0.2) is 0 Å². The second-order valence-corrected chi connectivity index (χ2v) is 9.25. The fourth-order valence-electron chi connectivity index (χ4n) is 3.97. The molecule has 9 heteroatoms. The van der Waals surface area contributed by atoms with E-state index in [-0.39, 0.29) is 6.04 Å². The molecule has 0 saturated carbocycles. The normalized spacial score (nSPS) is 16.1. The van der Waals surface area contributed by atoms with Crippen molar-refractivity contribution >= 4 is 34.5 Å². The molecule has 3 aromatic rings. The summed E-state index contributed by atoms with van der Waals surface area (Å²) in [6.07, 6.45) is 0. The van der Waals surface area contributed by atoms with E-state index in [2.05, 4.69) is 29.2 Å². The van der Waals surface area contributed by atoms with Gasteiger partial charge < -0.3 is 24.2 Å². The number of hydrogen-bond acceptors (Lipinski definition) is 6. The third kappa shape index (κ3) is 4.74. The van der Waals surface area contributed by atoms with Crippen LogP contribution in [0, 0.1) is 5.92 Å². The molecule has 178 valence electrons. The Hall–Kier alpha value is -3.10. The number of benzene rings is 2. The van der Waals surface area contributed by atoms with Crippen LogP contribution in [0.1, 0.15) is 38.3 Å². The molecule has 1 aliphatic heterocycles. The first-order valence-corrected chi connectivity index (χ1v) is 11.7. The van der Waals surface area contributed by atoms with Crippen LogP contribution in [0.5, 0.6) is 11.5 Å². The molecule has 2 heterocycles. The third-order valence-electron chi connectivity index (χ3n) is 5.65. The molecule has 0 fully saturated rings. The fourth-order valence-corrected chi connectivity index (χ4v) is 4.43. The van der Waals surface area contributed by atoms with Gasteiger partial charge in [0.2, 0.25) is 5.82 Å². The van der Waals surface area contributed by atoms with E-state index in [1.54, 1.807) is 14.2 Å². The van der Waals surface area contributed by atoms with Crippen molar-refractivity contribution < 1.29 is 14.0 Å². The summed E-state index contributed by atoms with van der Waals surface area (Å²) in [5.74, 6) is 2.51. The van der Waals surface area contributed by atoms with E-state index in [0.29, 0.717) is 39.3 Å². The molecule has 1 atom stereocenters. The number of ether oxygens (including phenoxy) is 2. The number of rotatable bonds is 7. The van der Waals surface area contributed by atoms with Crippen molar-refractivity contribution in [3.63, 3.8) is 0 Å². The Kier molecular flexibility index (Phi) is 7.09. The van der Waals surface area contributed by atoms with Gasteiger partial charge in [0.25, 0.3) is 5.89 Å². The Labute approximate surface area is 209 Å². The third-order valence-corrected chi connectivity index (χ3v) is 6.24. The van der Waals surface area contributed by atoms with Crippen LogP contribution in [-0.4, -0.2) is 40.9 Å². The molecule has 34 heavy (non-hydrogen) atoms. The average molecular weight is 499 g/mol. The maximum atomic E-state index is 6.13. The summed E-state index contributed by atoms with van der Waals surface area (Å²) >= 11 is 11.9. The van der Waals surface area contributed by atoms with Gasteiger partial charge in [0.1, 0.15) is 0 Å². The highest BCUT2D eigenvalue weighted by Crippen LogP contribution is 2.38. The van der Waals surface area contributed by atoms with E-state index in [0.717, 1.165) is 28.9 Å². The van der Waals surface area contributed by atoms with Crippen LogP contribution in [0.2, 0.25) is 5.02 Å². The first-order chi connectivity index (χ1) is 16.3. The number of nitrogens with zero attached hydrogens (tertiary/aromatic N) is 3. The number of hydrogen-bond donors (Lipinski definition) is 1. The molecule has 0 amide bonds. The van der Waals surface area contributed by atoms with Crippen molar-refractivity contribution in [2.45, 2.75) is 26.8 Å². The lowest BCUT2D eigenvalue weighted by Crippen LogP contribution is -2.47. The Bertz CT molecular complexity index is 1220. The Morgan fingerprint density at radius 1 is 1.12 bits per heavy atom. The van der Waals surface area contributed by atoms with Crippen molar-refractivity contribution in [1.82, 2.24) is 20.4 Å². The average Bonchev–Trinajstić information content (AvgIpc) is 3.31. The van der Waals surface area contributed by atoms with Crippen LogP contribution in [0.3, 0.4) is 0 Å².